The number of rotatable bonds is 2. The highest BCUT2D eigenvalue weighted by Gasteiger charge is 2.23. The van der Waals surface area contributed by atoms with E-state index in [0.717, 1.165) is 17.8 Å². The van der Waals surface area contributed by atoms with Crippen LogP contribution < -0.4 is 10.8 Å². The highest BCUT2D eigenvalue weighted by Crippen LogP contribution is 2.32. The maximum Gasteiger partial charge on any atom is 0.244 e. The zero-order chi connectivity index (χ0) is 9.97. The van der Waals surface area contributed by atoms with E-state index in [9.17, 15) is 4.79 Å². The molecule has 2 rings (SSSR count). The average molecular weight is 192 g/mol. The van der Waals surface area contributed by atoms with E-state index in [-0.39, 0.29) is 11.8 Å². The van der Waals surface area contributed by atoms with Crippen molar-refractivity contribution in [3.63, 3.8) is 0 Å². The van der Waals surface area contributed by atoms with Crippen molar-refractivity contribution in [3.8, 4) is 0 Å². The molecule has 0 radical (unpaired) electrons. The van der Waals surface area contributed by atoms with Crippen molar-refractivity contribution < 1.29 is 10.0 Å². The lowest BCUT2D eigenvalue weighted by Gasteiger charge is -2.07. The summed E-state index contributed by atoms with van der Waals surface area (Å²) in [4.78, 5) is 11.0. The van der Waals surface area contributed by atoms with Crippen LogP contribution in [-0.2, 0) is 4.79 Å². The number of anilines is 1. The molecule has 3 N–H and O–H groups in total. The average Bonchev–Trinajstić information content (AvgIpc) is 2.62. The van der Waals surface area contributed by atoms with Crippen LogP contribution in [0.3, 0.4) is 0 Å². The van der Waals surface area contributed by atoms with Crippen molar-refractivity contribution in [1.29, 1.82) is 0 Å². The van der Waals surface area contributed by atoms with E-state index in [1.807, 2.05) is 24.3 Å². The lowest BCUT2D eigenvalue weighted by Crippen LogP contribution is -2.21. The molecule has 0 aromatic heterocycles. The fraction of sp³-hybridized carbons (Fsp3) is 0.300. The second-order valence-electron chi connectivity index (χ2n) is 3.40. The molecule has 1 aromatic carbocycles. The van der Waals surface area contributed by atoms with Crippen LogP contribution in [0.25, 0.3) is 0 Å². The van der Waals surface area contributed by atoms with E-state index in [2.05, 4.69) is 5.32 Å². The predicted molar refractivity (Wildman–Crippen MR) is 52.2 cm³/mol. The number of hydroxylamine groups is 1. The van der Waals surface area contributed by atoms with Gasteiger partial charge >= 0.3 is 0 Å². The lowest BCUT2D eigenvalue weighted by atomic mass is 9.98. The van der Waals surface area contributed by atoms with Gasteiger partial charge in [-0.15, -0.1) is 0 Å². The summed E-state index contributed by atoms with van der Waals surface area (Å²) in [5, 5.41) is 11.6. The highest BCUT2D eigenvalue weighted by molar-refractivity contribution is 5.76. The van der Waals surface area contributed by atoms with Gasteiger partial charge in [-0.25, -0.2) is 5.48 Å². The van der Waals surface area contributed by atoms with Gasteiger partial charge in [0.05, 0.1) is 0 Å². The SMILES string of the molecule is O=C(CC1CNc2ccccc21)NO. The number of hydrogen-bond acceptors (Lipinski definition) is 3. The van der Waals surface area contributed by atoms with Crippen LogP contribution in [0.1, 0.15) is 17.9 Å². The molecule has 0 saturated heterocycles. The highest BCUT2D eigenvalue weighted by atomic mass is 16.5. The first-order chi connectivity index (χ1) is 6.81. The summed E-state index contributed by atoms with van der Waals surface area (Å²) in [7, 11) is 0. The zero-order valence-electron chi connectivity index (χ0n) is 7.66. The van der Waals surface area contributed by atoms with Crippen LogP contribution in [0.2, 0.25) is 0 Å². The van der Waals surface area contributed by atoms with Crippen molar-refractivity contribution in [2.24, 2.45) is 0 Å². The number of hydrogen-bond donors (Lipinski definition) is 3. The Balaban J connectivity index is 2.14. The summed E-state index contributed by atoms with van der Waals surface area (Å²) in [6.45, 7) is 0.757. The maximum absolute atomic E-state index is 11.0. The minimum absolute atomic E-state index is 0.165. The number of para-hydroxylation sites is 1. The van der Waals surface area contributed by atoms with Crippen LogP contribution >= 0.6 is 0 Å². The van der Waals surface area contributed by atoms with Gasteiger partial charge in [-0.05, 0) is 11.6 Å². The molecule has 1 unspecified atom stereocenters. The van der Waals surface area contributed by atoms with Gasteiger partial charge in [0.2, 0.25) is 5.91 Å². The lowest BCUT2D eigenvalue weighted by molar-refractivity contribution is -0.129. The summed E-state index contributed by atoms with van der Waals surface area (Å²) in [5.41, 5.74) is 3.89. The Hall–Kier alpha value is -1.55. The molecule has 0 saturated carbocycles. The van der Waals surface area contributed by atoms with E-state index >= 15 is 0 Å². The number of carbonyl (C=O) groups is 1. The molecule has 4 heteroatoms. The van der Waals surface area contributed by atoms with Gasteiger partial charge in [-0.2, -0.15) is 0 Å². The van der Waals surface area contributed by atoms with Crippen LogP contribution in [0.5, 0.6) is 0 Å². The normalized spacial score (nSPS) is 18.5. The molecule has 14 heavy (non-hydrogen) atoms. The van der Waals surface area contributed by atoms with Gasteiger partial charge in [0, 0.05) is 24.6 Å². The number of fused-ring (bicyclic) bond motifs is 1. The molecule has 0 bridgehead atoms. The summed E-state index contributed by atoms with van der Waals surface area (Å²) >= 11 is 0. The Morgan fingerprint density at radius 2 is 2.36 bits per heavy atom. The molecule has 0 fully saturated rings. The molecule has 0 aliphatic carbocycles. The summed E-state index contributed by atoms with van der Waals surface area (Å²) in [5.74, 6) is -0.174. The Morgan fingerprint density at radius 3 is 3.14 bits per heavy atom. The largest absolute Gasteiger partial charge is 0.384 e. The van der Waals surface area contributed by atoms with Gasteiger partial charge in [0.1, 0.15) is 0 Å². The van der Waals surface area contributed by atoms with Crippen molar-refractivity contribution in [2.75, 3.05) is 11.9 Å². The van der Waals surface area contributed by atoms with Gasteiger partial charge in [0.15, 0.2) is 0 Å². The molecular formula is C10H12N2O2. The van der Waals surface area contributed by atoms with Crippen LogP contribution in [0.4, 0.5) is 5.69 Å². The molecule has 74 valence electrons. The Morgan fingerprint density at radius 1 is 1.57 bits per heavy atom. The number of nitrogens with one attached hydrogen (secondary N) is 2. The molecule has 1 aliphatic heterocycles. The van der Waals surface area contributed by atoms with E-state index in [1.165, 1.54) is 0 Å². The Bertz CT molecular complexity index is 352. The molecule has 1 aliphatic rings. The predicted octanol–water partition coefficient (Wildman–Crippen LogP) is 1.09. The van der Waals surface area contributed by atoms with Crippen molar-refractivity contribution in [1.82, 2.24) is 5.48 Å². The van der Waals surface area contributed by atoms with Crippen molar-refractivity contribution in [2.45, 2.75) is 12.3 Å². The summed E-state index contributed by atoms with van der Waals surface area (Å²) in [6.07, 6.45) is 0.320. The fourth-order valence-electron chi connectivity index (χ4n) is 1.81. The van der Waals surface area contributed by atoms with Crippen LogP contribution in [0.15, 0.2) is 24.3 Å². The molecular weight excluding hydrogens is 180 g/mol. The number of benzene rings is 1. The van der Waals surface area contributed by atoms with Crippen molar-refractivity contribution >= 4 is 11.6 Å². The summed E-state index contributed by atoms with van der Waals surface area (Å²) < 4.78 is 0. The maximum atomic E-state index is 11.0. The van der Waals surface area contributed by atoms with Gasteiger partial charge in [-0.3, -0.25) is 10.0 Å². The van der Waals surface area contributed by atoms with Gasteiger partial charge in [0.25, 0.3) is 0 Å². The monoisotopic (exact) mass is 192 g/mol. The second-order valence-corrected chi connectivity index (χ2v) is 3.40. The van der Waals surface area contributed by atoms with Crippen LogP contribution in [0, 0.1) is 0 Å². The fourth-order valence-corrected chi connectivity index (χ4v) is 1.81. The van der Waals surface area contributed by atoms with E-state index in [4.69, 9.17) is 5.21 Å². The second kappa shape index (κ2) is 3.67. The standard InChI is InChI=1S/C10H12N2O2/c13-10(12-14)5-7-6-11-9-4-2-1-3-8(7)9/h1-4,7,11,14H,5-6H2,(H,12,13). The first-order valence-electron chi connectivity index (χ1n) is 4.57. The van der Waals surface area contributed by atoms with E-state index in [0.29, 0.717) is 6.42 Å². The molecule has 0 spiro atoms. The minimum atomic E-state index is -0.339. The van der Waals surface area contributed by atoms with E-state index < -0.39 is 0 Å². The molecule has 1 amide bonds. The third kappa shape index (κ3) is 1.56. The summed E-state index contributed by atoms with van der Waals surface area (Å²) in [6, 6.07) is 7.91. The zero-order valence-corrected chi connectivity index (χ0v) is 7.66. The first-order valence-corrected chi connectivity index (χ1v) is 4.57. The van der Waals surface area contributed by atoms with Crippen LogP contribution in [-0.4, -0.2) is 17.7 Å². The molecule has 4 nitrogen and oxygen atoms in total. The Labute approximate surface area is 81.9 Å². The van der Waals surface area contributed by atoms with E-state index in [1.54, 1.807) is 5.48 Å². The van der Waals surface area contributed by atoms with Gasteiger partial charge < -0.3 is 5.32 Å². The minimum Gasteiger partial charge on any atom is -0.384 e. The van der Waals surface area contributed by atoms with Gasteiger partial charge in [-0.1, -0.05) is 18.2 Å². The Kier molecular flexibility index (Phi) is 2.37. The topological polar surface area (TPSA) is 61.4 Å². The van der Waals surface area contributed by atoms with Crippen molar-refractivity contribution in [3.05, 3.63) is 29.8 Å². The third-order valence-corrected chi connectivity index (χ3v) is 2.50. The smallest absolute Gasteiger partial charge is 0.244 e. The number of amides is 1. The number of carbonyl (C=O) groups excluding carboxylic acids is 1. The molecule has 1 heterocycles. The quantitative estimate of drug-likeness (QED) is 0.485. The molecule has 1 atom stereocenters. The third-order valence-electron chi connectivity index (χ3n) is 2.50. The molecule has 1 aromatic rings. The first kappa shape index (κ1) is 9.02.